The lowest BCUT2D eigenvalue weighted by Gasteiger charge is -2.22. The first-order chi connectivity index (χ1) is 41.5. The third kappa shape index (κ3) is 29.4. The van der Waals surface area contributed by atoms with E-state index in [1.807, 2.05) is 48.5 Å². The summed E-state index contributed by atoms with van der Waals surface area (Å²) in [5.74, 6) is 1.80. The van der Waals surface area contributed by atoms with Gasteiger partial charge in [0, 0.05) is 35.1 Å². The molecule has 0 bridgehead atoms. The molecule has 23 nitrogen and oxygen atoms in total. The summed E-state index contributed by atoms with van der Waals surface area (Å²) in [6.07, 6.45) is 0.586. The van der Waals surface area contributed by atoms with Crippen LogP contribution in [0.15, 0.2) is 72.8 Å². The van der Waals surface area contributed by atoms with E-state index in [0.29, 0.717) is 160 Å². The molecule has 0 atom stereocenters. The molecular weight excluding hydrogens is 1100 g/mol. The molecule has 0 aromatic heterocycles. The number of hydrogen-bond donors (Lipinski definition) is 6. The van der Waals surface area contributed by atoms with Crippen LogP contribution < -0.4 is 18.9 Å². The van der Waals surface area contributed by atoms with Gasteiger partial charge < -0.3 is 106 Å². The Balaban J connectivity index is 1.71. The maximum atomic E-state index is 15.9. The lowest BCUT2D eigenvalue weighted by molar-refractivity contribution is -0.00782. The largest absolute Gasteiger partial charge is 0.491 e. The molecule has 0 aliphatic rings. The Morgan fingerprint density at radius 3 is 0.774 bits per heavy atom. The van der Waals surface area contributed by atoms with Gasteiger partial charge in [-0.25, -0.2) is 0 Å². The van der Waals surface area contributed by atoms with Crippen LogP contribution in [0.5, 0.6) is 23.0 Å². The molecule has 0 saturated carbocycles. The van der Waals surface area contributed by atoms with Crippen molar-refractivity contribution in [3.63, 3.8) is 0 Å². The van der Waals surface area contributed by atoms with Gasteiger partial charge in [-0.3, -0.25) is 4.79 Å². The molecule has 0 saturated heterocycles. The highest BCUT2D eigenvalue weighted by Crippen LogP contribution is 2.41. The van der Waals surface area contributed by atoms with Gasteiger partial charge in [-0.05, 0) is 70.8 Å². The molecule has 23 heteroatoms. The summed E-state index contributed by atoms with van der Waals surface area (Å²) < 4.78 is 91.6. The average molecular weight is 1190 g/mol. The Morgan fingerprint density at radius 1 is 0.262 bits per heavy atom. The second-order valence-corrected chi connectivity index (χ2v) is 17.9. The third-order valence-corrected chi connectivity index (χ3v) is 11.9. The number of hydrogen-bond acceptors (Lipinski definition) is 23. The normalized spacial score (nSPS) is 11.4. The molecule has 472 valence electrons. The smallest absolute Gasteiger partial charge is 0.194 e. The van der Waals surface area contributed by atoms with Crippen molar-refractivity contribution < 1.29 is 111 Å². The summed E-state index contributed by atoms with van der Waals surface area (Å²) in [6.45, 7) is 7.13. The van der Waals surface area contributed by atoms with Gasteiger partial charge in [0.2, 0.25) is 0 Å². The van der Waals surface area contributed by atoms with Crippen LogP contribution in [-0.4, -0.2) is 261 Å². The molecule has 0 unspecified atom stereocenters. The van der Waals surface area contributed by atoms with E-state index in [2.05, 4.69) is 0 Å². The van der Waals surface area contributed by atoms with Crippen LogP contribution in [0.25, 0.3) is 22.3 Å². The molecule has 0 fully saturated rings. The quantitative estimate of drug-likeness (QED) is 0.0274. The molecular formula is C61H90O23. The Morgan fingerprint density at radius 2 is 0.500 bits per heavy atom. The van der Waals surface area contributed by atoms with E-state index >= 15 is 4.79 Å². The van der Waals surface area contributed by atoms with Gasteiger partial charge in [-0.1, -0.05) is 24.3 Å². The van der Waals surface area contributed by atoms with Crippen LogP contribution in [0.3, 0.4) is 0 Å². The Bertz CT molecular complexity index is 2100. The predicted molar refractivity (Wildman–Crippen MR) is 309 cm³/mol. The molecule has 84 heavy (non-hydrogen) atoms. The molecule has 4 aromatic carbocycles. The zero-order valence-electron chi connectivity index (χ0n) is 48.5. The summed E-state index contributed by atoms with van der Waals surface area (Å²) in [5, 5.41) is 55.3. The van der Waals surface area contributed by atoms with Crippen molar-refractivity contribution in [2.45, 2.75) is 12.8 Å². The number of aliphatic hydroxyl groups excluding tert-OH is 6. The molecule has 4 rings (SSSR count). The highest BCUT2D eigenvalue weighted by atomic mass is 16.6. The van der Waals surface area contributed by atoms with E-state index in [9.17, 15) is 10.2 Å². The van der Waals surface area contributed by atoms with E-state index in [1.165, 1.54) is 0 Å². The SMILES string of the molecule is O=C(c1ccc(OCCOCCOCCOCCOCCO)c(CCOCCO)c1-c1ccc(OCCOCCO)cc1)c1ccc(OCCOCCOCCOCCOCCO)c(CCOCCO)c1-c1ccc(OCCOCCO)cc1. The standard InChI is InChI=1S/C61H90O23/c62-15-23-69-21-13-53-57(83-47-43-79-39-37-77-35-33-75-31-29-71-25-17-64)11-9-55(59(53)49-1-5-51(6-2-49)81-45-41-73-27-19-66)61(68)56-10-12-58(84-48-44-80-40-38-78-36-34-76-32-30-72-26-18-65)54(14-22-70-24-16-63)60(56)50-3-7-52(8-4-50)82-46-42-74-28-20-67/h1-12,62-67H,13-48H2. The van der Waals surface area contributed by atoms with Gasteiger partial charge >= 0.3 is 0 Å². The minimum absolute atomic E-state index is 0.0382. The minimum Gasteiger partial charge on any atom is -0.491 e. The van der Waals surface area contributed by atoms with Crippen LogP contribution in [-0.2, 0) is 69.7 Å². The van der Waals surface area contributed by atoms with Crippen molar-refractivity contribution in [1.82, 2.24) is 0 Å². The van der Waals surface area contributed by atoms with Gasteiger partial charge in [-0.2, -0.15) is 0 Å². The number of ether oxygens (including phenoxy) is 16. The van der Waals surface area contributed by atoms with Crippen LogP contribution >= 0.6 is 0 Å². The van der Waals surface area contributed by atoms with Crippen molar-refractivity contribution in [2.24, 2.45) is 0 Å². The number of ketones is 1. The highest BCUT2D eigenvalue weighted by Gasteiger charge is 2.27. The number of carbonyl (C=O) groups is 1. The van der Waals surface area contributed by atoms with Crippen LogP contribution in [0.1, 0.15) is 27.0 Å². The van der Waals surface area contributed by atoms with E-state index in [1.54, 1.807) is 24.3 Å². The molecule has 0 heterocycles. The first-order valence-electron chi connectivity index (χ1n) is 28.7. The van der Waals surface area contributed by atoms with Crippen molar-refractivity contribution in [1.29, 1.82) is 0 Å². The van der Waals surface area contributed by atoms with Crippen LogP contribution in [0, 0.1) is 0 Å². The monoisotopic (exact) mass is 1190 g/mol. The fourth-order valence-corrected chi connectivity index (χ4v) is 8.17. The summed E-state index contributed by atoms with van der Waals surface area (Å²) in [5.41, 5.74) is 4.61. The fraction of sp³-hybridized carbons (Fsp3) is 0.590. The molecule has 0 spiro atoms. The molecule has 0 radical (unpaired) electrons. The maximum absolute atomic E-state index is 15.9. The molecule has 0 amide bonds. The van der Waals surface area contributed by atoms with E-state index in [4.69, 9.17) is 96.2 Å². The number of carbonyl (C=O) groups excluding carboxylic acids is 1. The summed E-state index contributed by atoms with van der Waals surface area (Å²) in [6, 6.07) is 21.8. The molecule has 4 aromatic rings. The molecule has 0 aliphatic heterocycles. The zero-order valence-corrected chi connectivity index (χ0v) is 48.5. The van der Waals surface area contributed by atoms with Gasteiger partial charge in [0.25, 0.3) is 0 Å². The van der Waals surface area contributed by atoms with Crippen molar-refractivity contribution >= 4 is 5.78 Å². The van der Waals surface area contributed by atoms with Gasteiger partial charge in [-0.15, -0.1) is 0 Å². The van der Waals surface area contributed by atoms with E-state index in [-0.39, 0.29) is 151 Å². The third-order valence-electron chi connectivity index (χ3n) is 11.9. The van der Waals surface area contributed by atoms with Crippen molar-refractivity contribution in [3.8, 4) is 45.3 Å². The fourth-order valence-electron chi connectivity index (χ4n) is 8.17. The lowest BCUT2D eigenvalue weighted by Crippen LogP contribution is -2.16. The van der Waals surface area contributed by atoms with Gasteiger partial charge in [0.1, 0.15) is 49.4 Å². The highest BCUT2D eigenvalue weighted by molar-refractivity contribution is 6.17. The van der Waals surface area contributed by atoms with Crippen LogP contribution in [0.4, 0.5) is 0 Å². The first-order valence-corrected chi connectivity index (χ1v) is 28.7. The summed E-state index contributed by atoms with van der Waals surface area (Å²) in [4.78, 5) is 15.9. The van der Waals surface area contributed by atoms with Gasteiger partial charge in [0.15, 0.2) is 5.78 Å². The van der Waals surface area contributed by atoms with Crippen molar-refractivity contribution in [2.75, 3.05) is 225 Å². The second-order valence-electron chi connectivity index (χ2n) is 17.9. The number of benzene rings is 4. The predicted octanol–water partition coefficient (Wildman–Crippen LogP) is 3.00. The Kier molecular flexibility index (Phi) is 41.0. The summed E-state index contributed by atoms with van der Waals surface area (Å²) in [7, 11) is 0. The summed E-state index contributed by atoms with van der Waals surface area (Å²) >= 11 is 0. The van der Waals surface area contributed by atoms with Crippen LogP contribution in [0.2, 0.25) is 0 Å². The molecule has 0 aliphatic carbocycles. The van der Waals surface area contributed by atoms with Crippen molar-refractivity contribution in [3.05, 3.63) is 95.1 Å². The maximum Gasteiger partial charge on any atom is 0.194 e. The Hall–Kier alpha value is -4.97. The Labute approximate surface area is 493 Å². The van der Waals surface area contributed by atoms with Gasteiger partial charge in [0.05, 0.1) is 198 Å². The number of rotatable bonds is 56. The second kappa shape index (κ2) is 48.2. The zero-order chi connectivity index (χ0) is 59.8. The average Bonchev–Trinajstić information content (AvgIpc) is 2.62. The number of aliphatic hydroxyl groups is 6. The van der Waals surface area contributed by atoms with E-state index < -0.39 is 0 Å². The lowest BCUT2D eigenvalue weighted by atomic mass is 9.84. The molecule has 6 N–H and O–H groups in total. The topological polar surface area (TPSA) is 286 Å². The van der Waals surface area contributed by atoms with E-state index in [0.717, 1.165) is 0 Å². The first kappa shape index (κ1) is 71.5. The minimum atomic E-state index is -0.316.